The number of aryl methyl sites for hydroxylation is 1. The Balaban J connectivity index is 1.55. The highest BCUT2D eigenvalue weighted by atomic mass is 35.5. The van der Waals surface area contributed by atoms with E-state index in [1.165, 1.54) is 22.4 Å². The molecule has 11 heteroatoms. The van der Waals surface area contributed by atoms with Gasteiger partial charge in [0.1, 0.15) is 18.5 Å². The number of aliphatic hydroxyl groups excluding tert-OH is 1. The Bertz CT molecular complexity index is 1470. The van der Waals surface area contributed by atoms with Crippen molar-refractivity contribution in [2.75, 3.05) is 12.0 Å². The normalized spacial score (nSPS) is 12.5. The van der Waals surface area contributed by atoms with Gasteiger partial charge in [0.25, 0.3) is 5.56 Å². The summed E-state index contributed by atoms with van der Waals surface area (Å²) in [6.45, 7) is -0.0867. The summed E-state index contributed by atoms with van der Waals surface area (Å²) in [5.41, 5.74) is 2.85. The van der Waals surface area contributed by atoms with Crippen molar-refractivity contribution in [3.05, 3.63) is 92.1 Å². The van der Waals surface area contributed by atoms with Gasteiger partial charge in [0.05, 0.1) is 6.54 Å². The first kappa shape index (κ1) is 24.0. The molecule has 0 aliphatic heterocycles. The molecule has 4 aromatic rings. The van der Waals surface area contributed by atoms with Crippen LogP contribution in [-0.2, 0) is 13.6 Å². The van der Waals surface area contributed by atoms with Crippen LogP contribution in [0.2, 0.25) is 5.02 Å². The molecule has 0 saturated carbocycles. The fourth-order valence-electron chi connectivity index (χ4n) is 3.34. The lowest BCUT2D eigenvalue weighted by atomic mass is 10.2. The topological polar surface area (TPSA) is 127 Å². The zero-order chi connectivity index (χ0) is 24.8. The Morgan fingerprint density at radius 3 is 2.69 bits per heavy atom. The van der Waals surface area contributed by atoms with E-state index in [1.54, 1.807) is 30.3 Å². The summed E-state index contributed by atoms with van der Waals surface area (Å²) in [7, 11) is 1.49. The first-order valence-electron chi connectivity index (χ1n) is 10.7. The number of hydrazone groups is 1. The van der Waals surface area contributed by atoms with E-state index >= 15 is 0 Å². The monoisotopic (exact) mass is 494 g/mol. The quantitative estimate of drug-likeness (QED) is 0.242. The molecule has 0 aliphatic carbocycles. The molecule has 2 aromatic heterocycles. The van der Waals surface area contributed by atoms with Crippen LogP contribution in [0.4, 0.5) is 5.95 Å². The SMILES string of the molecule is Cn1c(=O)[nH]c(=O)c2c1nc(N/N=C\C=C\c1ccccc1)n2C[C@@H](O)COc1ccc(Cl)cc1. The number of H-pyrrole nitrogens is 1. The van der Waals surface area contributed by atoms with E-state index in [0.29, 0.717) is 10.8 Å². The molecule has 10 nitrogen and oxygen atoms in total. The predicted octanol–water partition coefficient (Wildman–Crippen LogP) is 2.63. The highest BCUT2D eigenvalue weighted by Crippen LogP contribution is 2.18. The Kier molecular flexibility index (Phi) is 7.44. The van der Waals surface area contributed by atoms with Crippen molar-refractivity contribution < 1.29 is 9.84 Å². The summed E-state index contributed by atoms with van der Waals surface area (Å²) in [6, 6.07) is 16.4. The summed E-state index contributed by atoms with van der Waals surface area (Å²) in [5.74, 6) is 0.721. The van der Waals surface area contributed by atoms with Crippen molar-refractivity contribution in [2.24, 2.45) is 12.1 Å². The Hall–Kier alpha value is -4.15. The molecular formula is C24H23ClN6O4. The van der Waals surface area contributed by atoms with Crippen LogP contribution < -0.4 is 21.4 Å². The lowest BCUT2D eigenvalue weighted by Gasteiger charge is -2.15. The van der Waals surface area contributed by atoms with Crippen molar-refractivity contribution in [3.8, 4) is 5.75 Å². The third-order valence-corrected chi connectivity index (χ3v) is 5.32. The number of benzene rings is 2. The molecule has 0 fully saturated rings. The fraction of sp³-hybridized carbons (Fsp3) is 0.167. The average molecular weight is 495 g/mol. The highest BCUT2D eigenvalue weighted by molar-refractivity contribution is 6.30. The lowest BCUT2D eigenvalue weighted by Crippen LogP contribution is -2.30. The standard InChI is InChI=1S/C24H23ClN6O4/c1-30-21-20(22(33)28-24(30)34)31(14-18(32)15-35-19-11-9-17(25)10-12-19)23(27-21)29-26-13-5-8-16-6-3-2-4-7-16/h2-13,18,32H,14-15H2,1H3,(H,27,29)(H,28,33,34)/b8-5+,26-13-/t18-/m1/s1. The van der Waals surface area contributed by atoms with Gasteiger partial charge in [-0.3, -0.25) is 14.3 Å². The Morgan fingerprint density at radius 2 is 1.94 bits per heavy atom. The molecule has 0 spiro atoms. The molecule has 2 heterocycles. The average Bonchev–Trinajstić information content (AvgIpc) is 3.21. The molecule has 3 N–H and O–H groups in total. The van der Waals surface area contributed by atoms with Crippen LogP contribution in [0.3, 0.4) is 0 Å². The van der Waals surface area contributed by atoms with Gasteiger partial charge in [-0.25, -0.2) is 10.2 Å². The molecule has 2 aromatic carbocycles. The fourth-order valence-corrected chi connectivity index (χ4v) is 3.47. The molecule has 0 unspecified atom stereocenters. The van der Waals surface area contributed by atoms with Gasteiger partial charge in [-0.2, -0.15) is 10.1 Å². The molecule has 4 rings (SSSR count). The van der Waals surface area contributed by atoms with Crippen molar-refractivity contribution in [2.45, 2.75) is 12.6 Å². The molecular weight excluding hydrogens is 472 g/mol. The minimum absolute atomic E-state index is 0.0386. The number of anilines is 1. The van der Waals surface area contributed by atoms with Crippen LogP contribution in [-0.4, -0.2) is 43.1 Å². The summed E-state index contributed by atoms with van der Waals surface area (Å²) in [5, 5.41) is 15.3. The maximum atomic E-state index is 12.6. The maximum absolute atomic E-state index is 12.6. The molecule has 0 saturated heterocycles. The second-order valence-corrected chi connectivity index (χ2v) is 8.05. The predicted molar refractivity (Wildman–Crippen MR) is 136 cm³/mol. The summed E-state index contributed by atoms with van der Waals surface area (Å²) in [4.78, 5) is 31.2. The van der Waals surface area contributed by atoms with E-state index in [0.717, 1.165) is 5.56 Å². The number of hydrogen-bond donors (Lipinski definition) is 3. The van der Waals surface area contributed by atoms with Gasteiger partial charge in [0.2, 0.25) is 5.95 Å². The number of aromatic nitrogens is 4. The first-order chi connectivity index (χ1) is 16.9. The lowest BCUT2D eigenvalue weighted by molar-refractivity contribution is 0.0938. The largest absolute Gasteiger partial charge is 0.491 e. The van der Waals surface area contributed by atoms with Crippen LogP contribution in [0, 0.1) is 0 Å². The van der Waals surface area contributed by atoms with E-state index in [-0.39, 0.29) is 30.3 Å². The van der Waals surface area contributed by atoms with E-state index in [4.69, 9.17) is 16.3 Å². The van der Waals surface area contributed by atoms with Gasteiger partial charge in [0.15, 0.2) is 11.2 Å². The second kappa shape index (κ2) is 10.9. The maximum Gasteiger partial charge on any atom is 0.329 e. The summed E-state index contributed by atoms with van der Waals surface area (Å²) >= 11 is 5.88. The number of allylic oxidation sites excluding steroid dienone is 1. The number of imidazole rings is 1. The molecule has 0 amide bonds. The summed E-state index contributed by atoms with van der Waals surface area (Å²) < 4.78 is 8.29. The number of ether oxygens (including phenoxy) is 1. The third-order valence-electron chi connectivity index (χ3n) is 5.07. The molecule has 35 heavy (non-hydrogen) atoms. The first-order valence-corrected chi connectivity index (χ1v) is 11.1. The zero-order valence-electron chi connectivity index (χ0n) is 18.8. The van der Waals surface area contributed by atoms with Gasteiger partial charge < -0.3 is 14.4 Å². The van der Waals surface area contributed by atoms with Gasteiger partial charge in [-0.15, -0.1) is 0 Å². The van der Waals surface area contributed by atoms with E-state index in [2.05, 4.69) is 20.5 Å². The smallest absolute Gasteiger partial charge is 0.329 e. The van der Waals surface area contributed by atoms with Gasteiger partial charge in [-0.05, 0) is 35.9 Å². The van der Waals surface area contributed by atoms with Crippen molar-refractivity contribution in [1.29, 1.82) is 0 Å². The highest BCUT2D eigenvalue weighted by Gasteiger charge is 2.19. The Morgan fingerprint density at radius 1 is 1.20 bits per heavy atom. The van der Waals surface area contributed by atoms with Crippen LogP contribution in [0.25, 0.3) is 17.2 Å². The number of hydrogen-bond acceptors (Lipinski definition) is 7. The Labute approximate surface area is 204 Å². The van der Waals surface area contributed by atoms with Crippen LogP contribution in [0.5, 0.6) is 5.75 Å². The molecule has 0 aliphatic rings. The van der Waals surface area contributed by atoms with Crippen LogP contribution in [0.15, 0.2) is 75.4 Å². The summed E-state index contributed by atoms with van der Waals surface area (Å²) in [6.07, 6.45) is 4.15. The minimum atomic E-state index is -0.998. The number of aliphatic hydroxyl groups is 1. The molecule has 180 valence electrons. The second-order valence-electron chi connectivity index (χ2n) is 7.62. The van der Waals surface area contributed by atoms with E-state index in [1.807, 2.05) is 36.4 Å². The van der Waals surface area contributed by atoms with Gasteiger partial charge in [0, 0.05) is 18.3 Å². The van der Waals surface area contributed by atoms with Crippen molar-refractivity contribution >= 4 is 41.0 Å². The van der Waals surface area contributed by atoms with Crippen molar-refractivity contribution in [3.63, 3.8) is 0 Å². The number of nitrogens with one attached hydrogen (secondary N) is 2. The van der Waals surface area contributed by atoms with Gasteiger partial charge in [-0.1, -0.05) is 48.0 Å². The number of nitrogens with zero attached hydrogens (tertiary/aromatic N) is 4. The number of halogens is 1. The molecule has 1 atom stereocenters. The zero-order valence-corrected chi connectivity index (χ0v) is 19.5. The number of rotatable bonds is 9. The molecule has 0 bridgehead atoms. The number of fused-ring (bicyclic) bond motifs is 1. The van der Waals surface area contributed by atoms with E-state index < -0.39 is 17.4 Å². The minimum Gasteiger partial charge on any atom is -0.491 e. The van der Waals surface area contributed by atoms with Crippen molar-refractivity contribution in [1.82, 2.24) is 19.1 Å². The van der Waals surface area contributed by atoms with E-state index in [9.17, 15) is 14.7 Å². The van der Waals surface area contributed by atoms with Crippen LogP contribution in [0.1, 0.15) is 5.56 Å². The number of aromatic amines is 1. The third kappa shape index (κ3) is 5.86. The van der Waals surface area contributed by atoms with Gasteiger partial charge >= 0.3 is 5.69 Å². The van der Waals surface area contributed by atoms with Crippen LogP contribution >= 0.6 is 11.6 Å². The molecule has 0 radical (unpaired) electrons.